The van der Waals surface area contributed by atoms with E-state index in [2.05, 4.69) is 6.92 Å². The third-order valence-electron chi connectivity index (χ3n) is 3.40. The van der Waals surface area contributed by atoms with Crippen LogP contribution in [-0.4, -0.2) is 5.78 Å². The van der Waals surface area contributed by atoms with Gasteiger partial charge in [-0.05, 0) is 24.1 Å². The lowest BCUT2D eigenvalue weighted by atomic mass is 9.99. The molecule has 2 aromatic carbocycles. The van der Waals surface area contributed by atoms with E-state index in [0.29, 0.717) is 5.56 Å². The Bertz CT molecular complexity index is 786. The standard InChI is InChI=1S/C19H15F2NO/c1-2-4-13-7-9-14(10-8-13)19(23)16(12-22)11-15-5-3-6-17(20)18(15)21/h3,5-11H,2,4H2,1H3. The Labute approximate surface area is 133 Å². The topological polar surface area (TPSA) is 40.9 Å². The van der Waals surface area contributed by atoms with Gasteiger partial charge in [-0.15, -0.1) is 0 Å². The van der Waals surface area contributed by atoms with E-state index in [-0.39, 0.29) is 11.1 Å². The van der Waals surface area contributed by atoms with Gasteiger partial charge in [0.05, 0.1) is 0 Å². The molecule has 0 aliphatic heterocycles. The van der Waals surface area contributed by atoms with E-state index in [9.17, 15) is 13.6 Å². The number of rotatable bonds is 5. The smallest absolute Gasteiger partial charge is 0.203 e. The summed E-state index contributed by atoms with van der Waals surface area (Å²) in [6.45, 7) is 2.06. The minimum absolute atomic E-state index is 0.127. The van der Waals surface area contributed by atoms with Gasteiger partial charge in [0.1, 0.15) is 11.6 Å². The van der Waals surface area contributed by atoms with Crippen molar-refractivity contribution in [3.63, 3.8) is 0 Å². The predicted octanol–water partition coefficient (Wildman–Crippen LogP) is 4.71. The summed E-state index contributed by atoms with van der Waals surface area (Å²) in [7, 11) is 0. The molecule has 0 bridgehead atoms. The monoisotopic (exact) mass is 311 g/mol. The van der Waals surface area contributed by atoms with Gasteiger partial charge in [-0.3, -0.25) is 4.79 Å². The van der Waals surface area contributed by atoms with Crippen LogP contribution in [0.15, 0.2) is 48.0 Å². The van der Waals surface area contributed by atoms with Crippen molar-refractivity contribution in [2.75, 3.05) is 0 Å². The molecule has 0 unspecified atom stereocenters. The number of carbonyl (C=O) groups excluding carboxylic acids is 1. The first kappa shape index (κ1) is 16.6. The summed E-state index contributed by atoms with van der Waals surface area (Å²) < 4.78 is 26.9. The van der Waals surface area contributed by atoms with Crippen LogP contribution in [0.4, 0.5) is 8.78 Å². The number of halogens is 2. The first-order valence-electron chi connectivity index (χ1n) is 7.26. The van der Waals surface area contributed by atoms with Gasteiger partial charge in [-0.25, -0.2) is 8.78 Å². The molecule has 0 spiro atoms. The number of aryl methyl sites for hydroxylation is 1. The SMILES string of the molecule is CCCc1ccc(C(=O)C(C#N)=Cc2cccc(F)c2F)cc1. The van der Waals surface area contributed by atoms with E-state index in [1.807, 2.05) is 12.1 Å². The molecule has 0 heterocycles. The van der Waals surface area contributed by atoms with Crippen LogP contribution in [-0.2, 0) is 6.42 Å². The molecule has 0 atom stereocenters. The van der Waals surface area contributed by atoms with Gasteiger partial charge in [-0.1, -0.05) is 49.7 Å². The zero-order chi connectivity index (χ0) is 16.8. The first-order chi connectivity index (χ1) is 11.1. The van der Waals surface area contributed by atoms with Crippen molar-refractivity contribution in [3.05, 3.63) is 76.4 Å². The van der Waals surface area contributed by atoms with E-state index in [1.54, 1.807) is 18.2 Å². The third-order valence-corrected chi connectivity index (χ3v) is 3.40. The lowest BCUT2D eigenvalue weighted by molar-refractivity contribution is 0.104. The molecule has 0 amide bonds. The van der Waals surface area contributed by atoms with Gasteiger partial charge in [0.2, 0.25) is 5.78 Å². The summed E-state index contributed by atoms with van der Waals surface area (Å²) in [5.74, 6) is -2.61. The number of nitriles is 1. The fraction of sp³-hybridized carbons (Fsp3) is 0.158. The lowest BCUT2D eigenvalue weighted by Gasteiger charge is -2.03. The molecule has 4 heteroatoms. The van der Waals surface area contributed by atoms with Gasteiger partial charge in [-0.2, -0.15) is 5.26 Å². The maximum Gasteiger partial charge on any atom is 0.203 e. The summed E-state index contributed by atoms with van der Waals surface area (Å²) in [6, 6.07) is 12.3. The molecular formula is C19H15F2NO. The molecule has 0 saturated carbocycles. The summed E-state index contributed by atoms with van der Waals surface area (Å²) in [5.41, 5.74) is 1.08. The summed E-state index contributed by atoms with van der Waals surface area (Å²) in [6.07, 6.45) is 2.97. The van der Waals surface area contributed by atoms with E-state index in [1.165, 1.54) is 12.1 Å². The highest BCUT2D eigenvalue weighted by atomic mass is 19.2. The largest absolute Gasteiger partial charge is 0.288 e. The van der Waals surface area contributed by atoms with E-state index in [4.69, 9.17) is 5.26 Å². The van der Waals surface area contributed by atoms with Crippen molar-refractivity contribution in [3.8, 4) is 6.07 Å². The molecule has 2 aromatic rings. The van der Waals surface area contributed by atoms with Crippen LogP contribution < -0.4 is 0 Å². The van der Waals surface area contributed by atoms with Crippen LogP contribution in [0.2, 0.25) is 0 Å². The molecule has 0 radical (unpaired) electrons. The zero-order valence-electron chi connectivity index (χ0n) is 12.6. The molecule has 0 aliphatic rings. The average Bonchev–Trinajstić information content (AvgIpc) is 2.56. The Kier molecular flexibility index (Phi) is 5.37. The van der Waals surface area contributed by atoms with Crippen LogP contribution in [0, 0.1) is 23.0 Å². The highest BCUT2D eigenvalue weighted by molar-refractivity contribution is 6.14. The van der Waals surface area contributed by atoms with E-state index in [0.717, 1.165) is 30.5 Å². The third kappa shape index (κ3) is 3.89. The normalized spacial score (nSPS) is 11.1. The Morgan fingerprint density at radius 3 is 2.48 bits per heavy atom. The molecule has 2 nitrogen and oxygen atoms in total. The van der Waals surface area contributed by atoms with Gasteiger partial charge < -0.3 is 0 Å². The Morgan fingerprint density at radius 2 is 1.87 bits per heavy atom. The molecule has 2 rings (SSSR count). The first-order valence-corrected chi connectivity index (χ1v) is 7.26. The molecule has 0 saturated heterocycles. The van der Waals surface area contributed by atoms with Crippen molar-refractivity contribution < 1.29 is 13.6 Å². The van der Waals surface area contributed by atoms with Crippen molar-refractivity contribution in [2.45, 2.75) is 19.8 Å². The Hall–Kier alpha value is -2.80. The molecule has 0 aromatic heterocycles. The molecule has 23 heavy (non-hydrogen) atoms. The van der Waals surface area contributed by atoms with Gasteiger partial charge >= 0.3 is 0 Å². The second-order valence-electron chi connectivity index (χ2n) is 5.09. The van der Waals surface area contributed by atoms with Gasteiger partial charge in [0.15, 0.2) is 11.6 Å². The molecule has 0 N–H and O–H groups in total. The highest BCUT2D eigenvalue weighted by Crippen LogP contribution is 2.18. The van der Waals surface area contributed by atoms with Gasteiger partial charge in [0, 0.05) is 11.1 Å². The maximum atomic E-state index is 13.7. The Morgan fingerprint density at radius 1 is 1.17 bits per heavy atom. The quantitative estimate of drug-likeness (QED) is 0.456. The van der Waals surface area contributed by atoms with Crippen molar-refractivity contribution in [1.82, 2.24) is 0 Å². The summed E-state index contributed by atoms with van der Waals surface area (Å²) in [4.78, 5) is 12.3. The average molecular weight is 311 g/mol. The number of nitrogens with zero attached hydrogens (tertiary/aromatic N) is 1. The van der Waals surface area contributed by atoms with Crippen molar-refractivity contribution in [1.29, 1.82) is 5.26 Å². The molecular weight excluding hydrogens is 296 g/mol. The second-order valence-corrected chi connectivity index (χ2v) is 5.09. The number of allylic oxidation sites excluding steroid dienone is 1. The minimum Gasteiger partial charge on any atom is -0.288 e. The number of hydrogen-bond donors (Lipinski definition) is 0. The second kappa shape index (κ2) is 7.46. The predicted molar refractivity (Wildman–Crippen MR) is 84.7 cm³/mol. The van der Waals surface area contributed by atoms with Crippen LogP contribution in [0.5, 0.6) is 0 Å². The minimum atomic E-state index is -1.08. The molecule has 116 valence electrons. The number of hydrogen-bond acceptors (Lipinski definition) is 2. The van der Waals surface area contributed by atoms with Crippen molar-refractivity contribution >= 4 is 11.9 Å². The number of carbonyl (C=O) groups is 1. The molecule has 0 aliphatic carbocycles. The number of Topliss-reactive ketones (excluding diaryl/α,β-unsaturated/α-hetero) is 1. The lowest BCUT2D eigenvalue weighted by Crippen LogP contribution is -2.02. The Balaban J connectivity index is 2.33. The van der Waals surface area contributed by atoms with E-state index < -0.39 is 17.4 Å². The zero-order valence-corrected chi connectivity index (χ0v) is 12.6. The van der Waals surface area contributed by atoms with Crippen LogP contribution in [0.3, 0.4) is 0 Å². The van der Waals surface area contributed by atoms with Crippen LogP contribution in [0.1, 0.15) is 34.8 Å². The van der Waals surface area contributed by atoms with Crippen molar-refractivity contribution in [2.24, 2.45) is 0 Å². The fourth-order valence-electron chi connectivity index (χ4n) is 2.20. The van der Waals surface area contributed by atoms with Crippen LogP contribution in [0.25, 0.3) is 6.08 Å². The highest BCUT2D eigenvalue weighted by Gasteiger charge is 2.14. The maximum absolute atomic E-state index is 13.7. The summed E-state index contributed by atoms with van der Waals surface area (Å²) >= 11 is 0. The van der Waals surface area contributed by atoms with Gasteiger partial charge in [0.25, 0.3) is 0 Å². The summed E-state index contributed by atoms with van der Waals surface area (Å²) in [5, 5.41) is 9.16. The number of ketones is 1. The van der Waals surface area contributed by atoms with E-state index >= 15 is 0 Å². The van der Waals surface area contributed by atoms with Crippen LogP contribution >= 0.6 is 0 Å². The molecule has 0 fully saturated rings. The number of benzene rings is 2. The fourth-order valence-corrected chi connectivity index (χ4v) is 2.20.